The second-order valence-electron chi connectivity index (χ2n) is 6.28. The Bertz CT molecular complexity index is 614. The lowest BCUT2D eigenvalue weighted by Crippen LogP contribution is -2.36. The largest absolute Gasteiger partial charge is 0.478 e. The molecule has 120 valence electrons. The van der Waals surface area contributed by atoms with Gasteiger partial charge in [0.05, 0.1) is 11.3 Å². The van der Waals surface area contributed by atoms with Crippen molar-refractivity contribution in [1.82, 2.24) is 4.98 Å². The Balaban J connectivity index is 1.96. The second kappa shape index (κ2) is 4.86. The Morgan fingerprint density at radius 2 is 1.86 bits per heavy atom. The van der Waals surface area contributed by atoms with E-state index < -0.39 is 17.7 Å². The van der Waals surface area contributed by atoms with Gasteiger partial charge >= 0.3 is 12.1 Å². The predicted molar refractivity (Wildman–Crippen MR) is 74.0 cm³/mol. The van der Waals surface area contributed by atoms with Gasteiger partial charge in [0.15, 0.2) is 0 Å². The van der Waals surface area contributed by atoms with Crippen molar-refractivity contribution in [2.24, 2.45) is 5.41 Å². The van der Waals surface area contributed by atoms with Gasteiger partial charge in [0, 0.05) is 13.1 Å². The van der Waals surface area contributed by atoms with Crippen LogP contribution < -0.4 is 4.90 Å². The van der Waals surface area contributed by atoms with E-state index in [1.807, 2.05) is 0 Å². The van der Waals surface area contributed by atoms with Crippen molar-refractivity contribution in [2.45, 2.75) is 38.8 Å². The molecule has 1 spiro atoms. The molecule has 4 nitrogen and oxygen atoms in total. The number of halogens is 3. The number of alkyl halides is 3. The fraction of sp³-hybridized carbons (Fsp3) is 0.600. The molecule has 0 amide bonds. The number of carboxylic acid groups (broad SMARTS) is 1. The van der Waals surface area contributed by atoms with Gasteiger partial charge < -0.3 is 10.0 Å². The highest BCUT2D eigenvalue weighted by atomic mass is 19.4. The Hall–Kier alpha value is -1.79. The summed E-state index contributed by atoms with van der Waals surface area (Å²) >= 11 is 0. The van der Waals surface area contributed by atoms with E-state index in [9.17, 15) is 23.1 Å². The van der Waals surface area contributed by atoms with Crippen molar-refractivity contribution in [3.8, 4) is 0 Å². The molecule has 1 N–H and O–H groups in total. The van der Waals surface area contributed by atoms with Crippen LogP contribution in [-0.4, -0.2) is 29.1 Å². The first kappa shape index (κ1) is 15.1. The Labute approximate surface area is 126 Å². The predicted octanol–water partition coefficient (Wildman–Crippen LogP) is 3.49. The van der Waals surface area contributed by atoms with E-state index >= 15 is 0 Å². The van der Waals surface area contributed by atoms with E-state index in [0.717, 1.165) is 12.8 Å². The van der Waals surface area contributed by atoms with Crippen molar-refractivity contribution in [1.29, 1.82) is 0 Å². The van der Waals surface area contributed by atoms with Gasteiger partial charge in [0.1, 0.15) is 11.4 Å². The third-order valence-corrected chi connectivity index (χ3v) is 4.81. The van der Waals surface area contributed by atoms with Crippen LogP contribution in [0, 0.1) is 12.3 Å². The van der Waals surface area contributed by atoms with Crippen LogP contribution in [0.5, 0.6) is 0 Å². The number of nitrogens with zero attached hydrogens (tertiary/aromatic N) is 2. The quantitative estimate of drug-likeness (QED) is 0.908. The van der Waals surface area contributed by atoms with E-state index in [1.54, 1.807) is 4.90 Å². The third-order valence-electron chi connectivity index (χ3n) is 4.81. The minimum absolute atomic E-state index is 0.161. The van der Waals surface area contributed by atoms with Crippen LogP contribution in [0.1, 0.15) is 47.3 Å². The summed E-state index contributed by atoms with van der Waals surface area (Å²) in [4.78, 5) is 17.1. The zero-order valence-corrected chi connectivity index (χ0v) is 12.2. The summed E-state index contributed by atoms with van der Waals surface area (Å²) in [5.74, 6) is -1.21. The molecule has 1 aliphatic carbocycles. The zero-order valence-electron chi connectivity index (χ0n) is 12.2. The number of aromatic carboxylic acids is 1. The van der Waals surface area contributed by atoms with Crippen molar-refractivity contribution in [2.75, 3.05) is 18.0 Å². The smallest absolute Gasteiger partial charge is 0.418 e. The van der Waals surface area contributed by atoms with Crippen LogP contribution in [-0.2, 0) is 6.18 Å². The molecule has 2 aliphatic rings. The monoisotopic (exact) mass is 314 g/mol. The molecule has 0 bridgehead atoms. The molecule has 0 radical (unpaired) electrons. The van der Waals surface area contributed by atoms with Crippen LogP contribution >= 0.6 is 0 Å². The normalized spacial score (nSPS) is 20.3. The average Bonchev–Trinajstić information content (AvgIpc) is 3.17. The fourth-order valence-corrected chi connectivity index (χ4v) is 3.15. The van der Waals surface area contributed by atoms with Crippen LogP contribution in [0.3, 0.4) is 0 Å². The molecule has 1 aromatic rings. The van der Waals surface area contributed by atoms with Gasteiger partial charge in [-0.25, -0.2) is 9.78 Å². The first-order chi connectivity index (χ1) is 10.2. The minimum atomic E-state index is -4.60. The van der Waals surface area contributed by atoms with Gasteiger partial charge in [-0.3, -0.25) is 0 Å². The number of hydrogen-bond donors (Lipinski definition) is 1. The molecule has 1 aliphatic heterocycles. The van der Waals surface area contributed by atoms with Gasteiger partial charge in [-0.1, -0.05) is 0 Å². The number of carbonyl (C=O) groups is 1. The summed E-state index contributed by atoms with van der Waals surface area (Å²) in [5, 5.41) is 9.26. The number of pyridine rings is 1. The van der Waals surface area contributed by atoms with Crippen LogP contribution in [0.15, 0.2) is 6.07 Å². The molecule has 2 heterocycles. The van der Waals surface area contributed by atoms with E-state index in [-0.39, 0.29) is 17.1 Å². The summed E-state index contributed by atoms with van der Waals surface area (Å²) in [7, 11) is 0. The van der Waals surface area contributed by atoms with Gasteiger partial charge in [-0.15, -0.1) is 0 Å². The maximum atomic E-state index is 12.9. The molecule has 7 heteroatoms. The average molecular weight is 314 g/mol. The van der Waals surface area contributed by atoms with E-state index in [2.05, 4.69) is 4.98 Å². The first-order valence-electron chi connectivity index (χ1n) is 7.29. The van der Waals surface area contributed by atoms with Crippen molar-refractivity contribution < 1.29 is 23.1 Å². The summed E-state index contributed by atoms with van der Waals surface area (Å²) in [6, 6.07) is 0.710. The zero-order chi connectivity index (χ0) is 16.1. The van der Waals surface area contributed by atoms with Gasteiger partial charge in [-0.05, 0) is 44.1 Å². The highest BCUT2D eigenvalue weighted by Crippen LogP contribution is 2.54. The number of rotatable bonds is 2. The number of hydrogen-bond acceptors (Lipinski definition) is 3. The number of aryl methyl sites for hydroxylation is 1. The van der Waals surface area contributed by atoms with Gasteiger partial charge in [0.2, 0.25) is 0 Å². The van der Waals surface area contributed by atoms with E-state index in [1.165, 1.54) is 19.8 Å². The molecule has 0 aromatic carbocycles. The second-order valence-corrected chi connectivity index (χ2v) is 6.28. The summed E-state index contributed by atoms with van der Waals surface area (Å²) < 4.78 is 38.8. The van der Waals surface area contributed by atoms with Crippen molar-refractivity contribution >= 4 is 11.8 Å². The highest BCUT2D eigenvalue weighted by molar-refractivity contribution is 5.93. The van der Waals surface area contributed by atoms with Crippen LogP contribution in [0.25, 0.3) is 0 Å². The Morgan fingerprint density at radius 1 is 1.27 bits per heavy atom. The van der Waals surface area contributed by atoms with E-state index in [4.69, 9.17) is 0 Å². The molecule has 1 saturated heterocycles. The first-order valence-corrected chi connectivity index (χ1v) is 7.29. The molecule has 1 aromatic heterocycles. The standard InChI is InChI=1S/C15H17F3N2O2/c1-9-11(15(16,17)18)8-10(13(21)22)12(19-9)20-6-4-14(2-3-14)5-7-20/h8H,2-7H2,1H3,(H,21,22). The minimum Gasteiger partial charge on any atom is -0.478 e. The maximum Gasteiger partial charge on any atom is 0.418 e. The summed E-state index contributed by atoms with van der Waals surface area (Å²) in [6.07, 6.45) is -0.292. The van der Waals surface area contributed by atoms with Gasteiger partial charge in [-0.2, -0.15) is 13.2 Å². The summed E-state index contributed by atoms with van der Waals surface area (Å²) in [5.41, 5.74) is -1.13. The van der Waals surface area contributed by atoms with Crippen molar-refractivity contribution in [3.63, 3.8) is 0 Å². The highest BCUT2D eigenvalue weighted by Gasteiger charge is 2.45. The van der Waals surface area contributed by atoms with Crippen LogP contribution in [0.2, 0.25) is 0 Å². The third kappa shape index (κ3) is 2.64. The van der Waals surface area contributed by atoms with Gasteiger partial charge in [0.25, 0.3) is 0 Å². The molecule has 1 saturated carbocycles. The lowest BCUT2D eigenvalue weighted by atomic mass is 9.93. The number of piperidine rings is 1. The number of aromatic nitrogens is 1. The molecule has 3 rings (SSSR count). The molecular weight excluding hydrogens is 297 g/mol. The Kier molecular flexibility index (Phi) is 3.34. The van der Waals surface area contributed by atoms with Crippen LogP contribution in [0.4, 0.5) is 19.0 Å². The number of anilines is 1. The molecule has 0 atom stereocenters. The molecule has 22 heavy (non-hydrogen) atoms. The SMILES string of the molecule is Cc1nc(N2CCC3(CC2)CC3)c(C(=O)O)cc1C(F)(F)F. The molecule has 0 unspecified atom stereocenters. The van der Waals surface area contributed by atoms with Crippen molar-refractivity contribution in [3.05, 3.63) is 22.9 Å². The van der Waals surface area contributed by atoms with E-state index in [0.29, 0.717) is 24.6 Å². The number of carboxylic acids is 1. The molecule has 2 fully saturated rings. The fourth-order valence-electron chi connectivity index (χ4n) is 3.15. The maximum absolute atomic E-state index is 12.9. The molecular formula is C15H17F3N2O2. The Morgan fingerprint density at radius 3 is 2.32 bits per heavy atom. The lowest BCUT2D eigenvalue weighted by Gasteiger charge is -2.34. The topological polar surface area (TPSA) is 53.4 Å². The lowest BCUT2D eigenvalue weighted by molar-refractivity contribution is -0.138. The summed E-state index contributed by atoms with van der Waals surface area (Å²) in [6.45, 7) is 2.57.